The van der Waals surface area contributed by atoms with Crippen molar-refractivity contribution < 1.29 is 13.9 Å². The molecule has 0 amide bonds. The second-order valence-corrected chi connectivity index (χ2v) is 11.1. The number of rotatable bonds is 4. The molecule has 162 valence electrons. The van der Waals surface area contributed by atoms with E-state index in [9.17, 15) is 9.18 Å². The summed E-state index contributed by atoms with van der Waals surface area (Å²) < 4.78 is 21.7. The third-order valence-electron chi connectivity index (χ3n) is 5.11. The number of imidazole rings is 1. The van der Waals surface area contributed by atoms with Crippen molar-refractivity contribution in [2.24, 2.45) is 4.99 Å². The molecule has 32 heavy (non-hydrogen) atoms. The maximum atomic E-state index is 14.8. The molecule has 3 aromatic rings. The first-order valence-electron chi connectivity index (χ1n) is 10.7. The predicted octanol–water partition coefficient (Wildman–Crippen LogP) is 4.38. The first-order valence-corrected chi connectivity index (χ1v) is 13.8. The van der Waals surface area contributed by atoms with Gasteiger partial charge >= 0.3 is 5.97 Å². The lowest BCUT2D eigenvalue weighted by Crippen LogP contribution is -2.10. The van der Waals surface area contributed by atoms with Crippen LogP contribution in [0.1, 0.15) is 39.8 Å². The van der Waals surface area contributed by atoms with Crippen molar-refractivity contribution in [2.75, 3.05) is 6.61 Å². The number of hydrogen-bond donors (Lipinski definition) is 0. The summed E-state index contributed by atoms with van der Waals surface area (Å²) in [6, 6.07) is 13.3. The Morgan fingerprint density at radius 3 is 2.78 bits per heavy atom. The Balaban J connectivity index is 1.89. The van der Waals surface area contributed by atoms with Gasteiger partial charge in [-0.05, 0) is 37.3 Å². The van der Waals surface area contributed by atoms with Crippen LogP contribution in [-0.2, 0) is 11.3 Å². The molecule has 0 saturated heterocycles. The molecule has 0 spiro atoms. The van der Waals surface area contributed by atoms with Gasteiger partial charge in [0.25, 0.3) is 0 Å². The summed E-state index contributed by atoms with van der Waals surface area (Å²) in [7, 11) is -0.772. The van der Waals surface area contributed by atoms with Crippen LogP contribution in [0.15, 0.2) is 53.8 Å². The maximum Gasteiger partial charge on any atom is 0.358 e. The summed E-state index contributed by atoms with van der Waals surface area (Å²) in [6.07, 6.45) is 1.59. The lowest BCUT2D eigenvalue weighted by molar-refractivity contribution is 0.0518. The van der Waals surface area contributed by atoms with E-state index in [4.69, 9.17) is 9.73 Å². The van der Waals surface area contributed by atoms with Gasteiger partial charge in [-0.1, -0.05) is 31.1 Å². The summed E-state index contributed by atoms with van der Waals surface area (Å²) in [5, 5.41) is 0. The molecule has 0 radical (unpaired) electrons. The van der Waals surface area contributed by atoms with E-state index in [0.29, 0.717) is 17.0 Å². The molecule has 1 aromatic heterocycles. The molecule has 0 aliphatic carbocycles. The van der Waals surface area contributed by atoms with Crippen LogP contribution in [0.5, 0.6) is 0 Å². The van der Waals surface area contributed by atoms with E-state index in [1.807, 2.05) is 22.8 Å². The third kappa shape index (κ3) is 4.27. The Morgan fingerprint density at radius 1 is 1.22 bits per heavy atom. The lowest BCUT2D eigenvalue weighted by Gasteiger charge is -2.13. The fourth-order valence-corrected chi connectivity index (χ4v) is 4.11. The van der Waals surface area contributed by atoms with Crippen molar-refractivity contribution in [2.45, 2.75) is 32.6 Å². The number of carbonyl (C=O) groups excluding carboxylic acids is 1. The predicted molar refractivity (Wildman–Crippen MR) is 126 cm³/mol. The molecule has 4 rings (SSSR count). The van der Waals surface area contributed by atoms with Crippen molar-refractivity contribution in [1.82, 2.24) is 9.55 Å². The van der Waals surface area contributed by atoms with Gasteiger partial charge in [-0.15, -0.1) is 5.92 Å². The topological polar surface area (TPSA) is 56.5 Å². The van der Waals surface area contributed by atoms with E-state index >= 15 is 0 Å². The highest BCUT2D eigenvalue weighted by Crippen LogP contribution is 2.28. The van der Waals surface area contributed by atoms with Gasteiger partial charge in [0, 0.05) is 31.5 Å². The molecular weight excluding hydrogens is 421 g/mol. The fraction of sp³-hybridized carbons (Fsp3) is 0.240. The van der Waals surface area contributed by atoms with E-state index < -0.39 is 14.8 Å². The zero-order chi connectivity index (χ0) is 22.7. The van der Waals surface area contributed by atoms with Gasteiger partial charge in [-0.25, -0.2) is 14.2 Å². The van der Waals surface area contributed by atoms with E-state index in [0.717, 1.165) is 22.9 Å². The summed E-state index contributed by atoms with van der Waals surface area (Å²) in [6.45, 7) is 6.70. The molecule has 0 fully saturated rings. The smallest absolute Gasteiger partial charge is 0.358 e. The fourth-order valence-electron chi connectivity index (χ4n) is 3.60. The molecule has 1 aliphatic heterocycles. The highest BCUT2D eigenvalue weighted by atomic mass is 28.3. The van der Waals surface area contributed by atoms with Crippen LogP contribution in [0, 0.1) is 17.7 Å². The highest BCUT2D eigenvalue weighted by Gasteiger charge is 2.26. The molecule has 2 heterocycles. The van der Waals surface area contributed by atoms with Crippen molar-refractivity contribution >= 4 is 20.5 Å². The Hall–Kier alpha value is -3.50. The van der Waals surface area contributed by atoms with E-state index in [1.165, 1.54) is 6.07 Å². The van der Waals surface area contributed by atoms with Crippen LogP contribution < -0.4 is 0 Å². The first kappa shape index (κ1) is 21.7. The number of carbonyl (C=O) groups is 1. The summed E-state index contributed by atoms with van der Waals surface area (Å²) in [4.78, 5) is 21.4. The first-order chi connectivity index (χ1) is 15.5. The largest absolute Gasteiger partial charge is 0.461 e. The molecule has 1 aliphatic rings. The van der Waals surface area contributed by atoms with Gasteiger partial charge in [-0.3, -0.25) is 9.56 Å². The zero-order valence-electron chi connectivity index (χ0n) is 18.4. The van der Waals surface area contributed by atoms with Gasteiger partial charge in [-0.2, -0.15) is 0 Å². The van der Waals surface area contributed by atoms with Crippen LogP contribution in [0.4, 0.5) is 4.39 Å². The van der Waals surface area contributed by atoms with Gasteiger partial charge in [0.05, 0.1) is 30.2 Å². The van der Waals surface area contributed by atoms with E-state index in [1.54, 1.807) is 31.5 Å². The standard InChI is InChI=1S/C25H24FN3O2Si/c1-4-31-25(30)24-22-15-27-23(18-9-5-6-10-20(18)26)19-14-17(8-7-13-32(2)3)11-12-21(19)29(22)16-28-24/h5-6,9-12,14,16,32H,4,13,15H2,1-3H3. The SMILES string of the molecule is CCOC(=O)c1ncn2c1CN=C(c1ccccc1F)c1cc(C#CC[SiH](C)C)ccc1-2. The maximum absolute atomic E-state index is 14.8. The minimum absolute atomic E-state index is 0.173. The molecule has 0 bridgehead atoms. The number of benzene rings is 2. The minimum Gasteiger partial charge on any atom is -0.461 e. The van der Waals surface area contributed by atoms with Crippen molar-refractivity contribution in [3.63, 3.8) is 0 Å². The van der Waals surface area contributed by atoms with Crippen LogP contribution in [0.3, 0.4) is 0 Å². The van der Waals surface area contributed by atoms with E-state index in [-0.39, 0.29) is 24.7 Å². The number of hydrogen-bond acceptors (Lipinski definition) is 4. The van der Waals surface area contributed by atoms with E-state index in [2.05, 4.69) is 29.9 Å². The average Bonchev–Trinajstić information content (AvgIpc) is 3.12. The Bertz CT molecular complexity index is 1270. The Labute approximate surface area is 188 Å². The molecular formula is C25H24FN3O2Si. The molecule has 5 nitrogen and oxygen atoms in total. The van der Waals surface area contributed by atoms with Crippen LogP contribution in [0.2, 0.25) is 19.1 Å². The van der Waals surface area contributed by atoms with Crippen molar-refractivity contribution in [1.29, 1.82) is 0 Å². The normalized spacial score (nSPS) is 12.2. The van der Waals surface area contributed by atoms with Crippen molar-refractivity contribution in [3.05, 3.63) is 82.7 Å². The van der Waals surface area contributed by atoms with Crippen molar-refractivity contribution in [3.8, 4) is 17.5 Å². The van der Waals surface area contributed by atoms with Gasteiger partial charge < -0.3 is 4.74 Å². The minimum atomic E-state index is -0.772. The summed E-state index contributed by atoms with van der Waals surface area (Å²) in [5.74, 6) is 5.65. The van der Waals surface area contributed by atoms with Crippen LogP contribution >= 0.6 is 0 Å². The number of halogens is 1. The number of esters is 1. The van der Waals surface area contributed by atoms with Gasteiger partial charge in [0.2, 0.25) is 0 Å². The number of aliphatic imine (C=N–C) groups is 1. The summed E-state index contributed by atoms with van der Waals surface area (Å²) >= 11 is 0. The van der Waals surface area contributed by atoms with Gasteiger partial charge in [0.15, 0.2) is 5.69 Å². The Morgan fingerprint density at radius 2 is 2.03 bits per heavy atom. The Kier molecular flexibility index (Phi) is 6.33. The van der Waals surface area contributed by atoms with Crippen LogP contribution in [0.25, 0.3) is 5.69 Å². The quantitative estimate of drug-likeness (QED) is 0.340. The number of aromatic nitrogens is 2. The molecule has 0 saturated carbocycles. The highest BCUT2D eigenvalue weighted by molar-refractivity contribution is 6.56. The number of fused-ring (bicyclic) bond motifs is 3. The second kappa shape index (κ2) is 9.33. The monoisotopic (exact) mass is 445 g/mol. The second-order valence-electron chi connectivity index (χ2n) is 7.91. The van der Waals surface area contributed by atoms with Crippen LogP contribution in [-0.4, -0.2) is 36.6 Å². The third-order valence-corrected chi connectivity index (χ3v) is 6.13. The average molecular weight is 446 g/mol. The summed E-state index contributed by atoms with van der Waals surface area (Å²) in [5.41, 5.74) is 4.13. The lowest BCUT2D eigenvalue weighted by atomic mass is 9.98. The molecule has 2 aromatic carbocycles. The number of nitrogens with zero attached hydrogens (tertiary/aromatic N) is 3. The van der Waals surface area contributed by atoms with Gasteiger partial charge in [0.1, 0.15) is 12.1 Å². The molecule has 0 unspecified atom stereocenters. The molecule has 0 atom stereocenters. The zero-order valence-corrected chi connectivity index (χ0v) is 19.5. The molecule has 0 N–H and O–H groups in total. The molecule has 7 heteroatoms. The number of ether oxygens (including phenoxy) is 1.